The van der Waals surface area contributed by atoms with E-state index in [0.717, 1.165) is 19.4 Å². The van der Waals surface area contributed by atoms with E-state index < -0.39 is 0 Å². The van der Waals surface area contributed by atoms with Crippen LogP contribution >= 0.6 is 12.6 Å². The third-order valence-corrected chi connectivity index (χ3v) is 2.48. The zero-order valence-corrected chi connectivity index (χ0v) is 9.06. The van der Waals surface area contributed by atoms with Gasteiger partial charge in [-0.2, -0.15) is 12.6 Å². The van der Waals surface area contributed by atoms with Gasteiger partial charge >= 0.3 is 0 Å². The molecule has 0 aromatic carbocycles. The minimum Gasteiger partial charge on any atom is -0.379 e. The van der Waals surface area contributed by atoms with E-state index in [1.165, 1.54) is 0 Å². The van der Waals surface area contributed by atoms with E-state index in [0.29, 0.717) is 6.61 Å². The fourth-order valence-electron chi connectivity index (χ4n) is 1.43. The summed E-state index contributed by atoms with van der Waals surface area (Å²) < 4.78 is 5.33. The summed E-state index contributed by atoms with van der Waals surface area (Å²) in [6, 6.07) is 0. The first kappa shape index (κ1) is 10.9. The van der Waals surface area contributed by atoms with Crippen LogP contribution in [0.15, 0.2) is 0 Å². The van der Waals surface area contributed by atoms with Gasteiger partial charge in [-0.25, -0.2) is 0 Å². The maximum Gasteiger partial charge on any atom is 0.233 e. The SMILES string of the molecule is CC(S)C(=O)NC1(C)CCCOC1. The Hall–Kier alpha value is -0.220. The zero-order valence-electron chi connectivity index (χ0n) is 8.17. The summed E-state index contributed by atoms with van der Waals surface area (Å²) >= 11 is 4.08. The van der Waals surface area contributed by atoms with Crippen LogP contribution in [0.4, 0.5) is 0 Å². The number of carbonyl (C=O) groups is 1. The van der Waals surface area contributed by atoms with Gasteiger partial charge in [-0.05, 0) is 26.7 Å². The Kier molecular flexibility index (Phi) is 3.62. The third kappa shape index (κ3) is 3.19. The summed E-state index contributed by atoms with van der Waals surface area (Å²) in [7, 11) is 0. The molecule has 3 nitrogen and oxygen atoms in total. The van der Waals surface area contributed by atoms with Gasteiger partial charge in [-0.3, -0.25) is 4.79 Å². The quantitative estimate of drug-likeness (QED) is 0.657. The van der Waals surface area contributed by atoms with E-state index in [-0.39, 0.29) is 16.7 Å². The lowest BCUT2D eigenvalue weighted by molar-refractivity contribution is -0.123. The normalized spacial score (nSPS) is 31.0. The Morgan fingerprint density at radius 2 is 2.38 bits per heavy atom. The molecule has 1 N–H and O–H groups in total. The molecule has 1 amide bonds. The van der Waals surface area contributed by atoms with Gasteiger partial charge in [0.1, 0.15) is 0 Å². The molecule has 76 valence electrons. The Bertz CT molecular complexity index is 188. The molecule has 0 spiro atoms. The highest BCUT2D eigenvalue weighted by molar-refractivity contribution is 7.81. The van der Waals surface area contributed by atoms with Gasteiger partial charge in [0, 0.05) is 6.61 Å². The predicted molar refractivity (Wildman–Crippen MR) is 55.0 cm³/mol. The van der Waals surface area contributed by atoms with Crippen LogP contribution in [0.25, 0.3) is 0 Å². The fourth-order valence-corrected chi connectivity index (χ4v) is 1.50. The molecule has 0 aromatic rings. The van der Waals surface area contributed by atoms with Crippen LogP contribution in [0, 0.1) is 0 Å². The smallest absolute Gasteiger partial charge is 0.233 e. The van der Waals surface area contributed by atoms with Crippen molar-refractivity contribution in [2.75, 3.05) is 13.2 Å². The molecule has 13 heavy (non-hydrogen) atoms. The molecule has 0 saturated carbocycles. The molecule has 4 heteroatoms. The first-order valence-corrected chi connectivity index (χ1v) is 5.13. The number of amides is 1. The van der Waals surface area contributed by atoms with Crippen molar-refractivity contribution in [3.63, 3.8) is 0 Å². The summed E-state index contributed by atoms with van der Waals surface area (Å²) in [5.41, 5.74) is -0.188. The van der Waals surface area contributed by atoms with Crippen LogP contribution < -0.4 is 5.32 Å². The molecule has 1 aliphatic heterocycles. The predicted octanol–water partition coefficient (Wildman–Crippen LogP) is 0.990. The van der Waals surface area contributed by atoms with Crippen molar-refractivity contribution in [3.8, 4) is 0 Å². The highest BCUT2D eigenvalue weighted by Crippen LogP contribution is 2.18. The van der Waals surface area contributed by atoms with Crippen molar-refractivity contribution in [2.45, 2.75) is 37.5 Å². The molecule has 1 aliphatic rings. The third-order valence-electron chi connectivity index (χ3n) is 2.24. The first-order chi connectivity index (χ1) is 6.03. The fraction of sp³-hybridized carbons (Fsp3) is 0.889. The molecular formula is C9H17NO2S. The standard InChI is InChI=1S/C9H17NO2S/c1-7(13)8(11)10-9(2)4-3-5-12-6-9/h7,13H,3-6H2,1-2H3,(H,10,11). The lowest BCUT2D eigenvalue weighted by Gasteiger charge is -2.34. The Morgan fingerprint density at radius 3 is 2.85 bits per heavy atom. The maximum atomic E-state index is 11.4. The summed E-state index contributed by atoms with van der Waals surface area (Å²) in [5, 5.41) is 2.70. The van der Waals surface area contributed by atoms with Gasteiger partial charge in [0.25, 0.3) is 0 Å². The van der Waals surface area contributed by atoms with E-state index in [1.54, 1.807) is 6.92 Å². The molecule has 0 aromatic heterocycles. The molecule has 1 saturated heterocycles. The van der Waals surface area contributed by atoms with E-state index in [9.17, 15) is 4.79 Å². The summed E-state index contributed by atoms with van der Waals surface area (Å²) in [4.78, 5) is 11.4. The second kappa shape index (κ2) is 4.33. The Morgan fingerprint density at radius 1 is 1.69 bits per heavy atom. The van der Waals surface area contributed by atoms with E-state index in [4.69, 9.17) is 4.74 Å². The summed E-state index contributed by atoms with van der Waals surface area (Å²) in [5.74, 6) is -0.0173. The average Bonchev–Trinajstić information content (AvgIpc) is 2.04. The second-order valence-electron chi connectivity index (χ2n) is 3.88. The summed E-state index contributed by atoms with van der Waals surface area (Å²) in [6.45, 7) is 5.20. The first-order valence-electron chi connectivity index (χ1n) is 4.61. The van der Waals surface area contributed by atoms with Crippen LogP contribution in [-0.4, -0.2) is 29.9 Å². The van der Waals surface area contributed by atoms with Crippen LogP contribution in [-0.2, 0) is 9.53 Å². The zero-order chi connectivity index (χ0) is 9.90. The number of ether oxygens (including phenoxy) is 1. The number of thiol groups is 1. The van der Waals surface area contributed by atoms with Gasteiger partial charge in [0.05, 0.1) is 17.4 Å². The topological polar surface area (TPSA) is 38.3 Å². The summed E-state index contributed by atoms with van der Waals surface area (Å²) in [6.07, 6.45) is 2.00. The van der Waals surface area contributed by atoms with Crippen molar-refractivity contribution in [1.82, 2.24) is 5.32 Å². The van der Waals surface area contributed by atoms with Gasteiger partial charge in [-0.1, -0.05) is 0 Å². The van der Waals surface area contributed by atoms with Gasteiger partial charge < -0.3 is 10.1 Å². The maximum absolute atomic E-state index is 11.4. The number of hydrogen-bond acceptors (Lipinski definition) is 3. The molecule has 1 rings (SSSR count). The van der Waals surface area contributed by atoms with Crippen LogP contribution in [0.3, 0.4) is 0 Å². The number of hydrogen-bond donors (Lipinski definition) is 2. The molecule has 0 bridgehead atoms. The lowest BCUT2D eigenvalue weighted by atomic mass is 9.95. The molecule has 2 atom stereocenters. The van der Waals surface area contributed by atoms with E-state index in [2.05, 4.69) is 17.9 Å². The monoisotopic (exact) mass is 203 g/mol. The largest absolute Gasteiger partial charge is 0.379 e. The number of nitrogens with one attached hydrogen (secondary N) is 1. The Labute approximate surface area is 84.6 Å². The van der Waals surface area contributed by atoms with Gasteiger partial charge in [0.15, 0.2) is 0 Å². The molecule has 0 aliphatic carbocycles. The molecular weight excluding hydrogens is 186 g/mol. The van der Waals surface area contributed by atoms with Crippen molar-refractivity contribution in [2.24, 2.45) is 0 Å². The van der Waals surface area contributed by atoms with Gasteiger partial charge in [0.2, 0.25) is 5.91 Å². The van der Waals surface area contributed by atoms with E-state index in [1.807, 2.05) is 6.92 Å². The second-order valence-corrected chi connectivity index (χ2v) is 4.66. The van der Waals surface area contributed by atoms with Crippen molar-refractivity contribution < 1.29 is 9.53 Å². The van der Waals surface area contributed by atoms with E-state index >= 15 is 0 Å². The van der Waals surface area contributed by atoms with Crippen molar-refractivity contribution >= 4 is 18.5 Å². The lowest BCUT2D eigenvalue weighted by Crippen LogP contribution is -2.53. The van der Waals surface area contributed by atoms with Crippen LogP contribution in [0.2, 0.25) is 0 Å². The molecule has 1 heterocycles. The number of rotatable bonds is 2. The van der Waals surface area contributed by atoms with Crippen molar-refractivity contribution in [3.05, 3.63) is 0 Å². The molecule has 0 radical (unpaired) electrons. The minimum absolute atomic E-state index is 0.0173. The van der Waals surface area contributed by atoms with Gasteiger partial charge in [-0.15, -0.1) is 0 Å². The highest BCUT2D eigenvalue weighted by Gasteiger charge is 2.29. The Balaban J connectivity index is 2.45. The number of carbonyl (C=O) groups excluding carboxylic acids is 1. The van der Waals surface area contributed by atoms with Crippen LogP contribution in [0.5, 0.6) is 0 Å². The van der Waals surface area contributed by atoms with Crippen LogP contribution in [0.1, 0.15) is 26.7 Å². The van der Waals surface area contributed by atoms with Crippen molar-refractivity contribution in [1.29, 1.82) is 0 Å². The minimum atomic E-state index is -0.251. The highest BCUT2D eigenvalue weighted by atomic mass is 32.1. The average molecular weight is 203 g/mol. The molecule has 1 fully saturated rings. The molecule has 2 unspecified atom stereocenters.